The van der Waals surface area contributed by atoms with Gasteiger partial charge >= 0.3 is 5.97 Å². The van der Waals surface area contributed by atoms with Crippen LogP contribution in [-0.4, -0.2) is 26.2 Å². The van der Waals surface area contributed by atoms with Gasteiger partial charge in [-0.05, 0) is 31.4 Å². The molecule has 0 amide bonds. The second-order valence-corrected chi connectivity index (χ2v) is 5.32. The molecule has 1 aromatic carbocycles. The highest BCUT2D eigenvalue weighted by Gasteiger charge is 2.46. The number of carbonyl (C=O) groups is 1. The van der Waals surface area contributed by atoms with Crippen molar-refractivity contribution in [1.82, 2.24) is 5.32 Å². The van der Waals surface area contributed by atoms with E-state index >= 15 is 0 Å². The number of fused-ring (bicyclic) bond motifs is 1. The highest BCUT2D eigenvalue weighted by molar-refractivity contribution is 5.84. The molecule has 1 aromatic rings. The lowest BCUT2D eigenvalue weighted by molar-refractivity contribution is -0.150. The van der Waals surface area contributed by atoms with Gasteiger partial charge < -0.3 is 9.47 Å². The van der Waals surface area contributed by atoms with Crippen molar-refractivity contribution in [3.8, 4) is 5.75 Å². The van der Waals surface area contributed by atoms with E-state index in [0.717, 1.165) is 17.9 Å². The van der Waals surface area contributed by atoms with Gasteiger partial charge in [0.05, 0.1) is 13.7 Å². The number of rotatable bonds is 4. The van der Waals surface area contributed by atoms with E-state index in [2.05, 4.69) is 5.32 Å². The lowest BCUT2D eigenvalue weighted by Crippen LogP contribution is -2.53. The molecule has 3 rings (SSSR count). The smallest absolute Gasteiger partial charge is 0.331 e. The fourth-order valence-electron chi connectivity index (χ4n) is 2.68. The molecule has 0 aromatic heterocycles. The summed E-state index contributed by atoms with van der Waals surface area (Å²) in [5.41, 5.74) is 0.153. The Balaban J connectivity index is 1.96. The highest BCUT2D eigenvalue weighted by Crippen LogP contribution is 2.39. The summed E-state index contributed by atoms with van der Waals surface area (Å²) in [6, 6.07) is 7.72. The van der Waals surface area contributed by atoms with Gasteiger partial charge in [-0.3, -0.25) is 5.32 Å². The van der Waals surface area contributed by atoms with Gasteiger partial charge in [0.2, 0.25) is 0 Å². The van der Waals surface area contributed by atoms with Crippen LogP contribution in [0.3, 0.4) is 0 Å². The third-order valence-electron chi connectivity index (χ3n) is 4.00. The van der Waals surface area contributed by atoms with E-state index in [-0.39, 0.29) is 5.97 Å². The van der Waals surface area contributed by atoms with Crippen molar-refractivity contribution in [2.24, 2.45) is 5.92 Å². The Labute approximate surface area is 113 Å². The largest absolute Gasteiger partial charge is 0.493 e. The van der Waals surface area contributed by atoms with E-state index in [1.807, 2.05) is 24.3 Å². The summed E-state index contributed by atoms with van der Waals surface area (Å²) in [6.45, 7) is 1.40. The van der Waals surface area contributed by atoms with Crippen molar-refractivity contribution >= 4 is 5.97 Å². The topological polar surface area (TPSA) is 47.6 Å². The van der Waals surface area contributed by atoms with Crippen LogP contribution in [0.2, 0.25) is 0 Å². The van der Waals surface area contributed by atoms with Gasteiger partial charge in [0, 0.05) is 12.0 Å². The van der Waals surface area contributed by atoms with Gasteiger partial charge in [0.1, 0.15) is 11.3 Å². The maximum absolute atomic E-state index is 12.3. The van der Waals surface area contributed by atoms with Gasteiger partial charge in [-0.15, -0.1) is 0 Å². The van der Waals surface area contributed by atoms with Gasteiger partial charge in [0.15, 0.2) is 0 Å². The molecule has 2 aliphatic rings. The minimum absolute atomic E-state index is 0.219. The first-order valence-electron chi connectivity index (χ1n) is 6.82. The van der Waals surface area contributed by atoms with E-state index in [1.165, 1.54) is 20.0 Å². The second kappa shape index (κ2) is 4.85. The normalized spacial score (nSPS) is 25.3. The molecule has 1 aliphatic heterocycles. The number of hydrogen-bond donors (Lipinski definition) is 1. The number of methoxy groups -OCH3 is 1. The SMILES string of the molecule is COC(=O)C1(NCC2CC2)CCOc2ccccc21. The Morgan fingerprint density at radius 2 is 2.26 bits per heavy atom. The number of esters is 1. The van der Waals surface area contributed by atoms with E-state index in [4.69, 9.17) is 9.47 Å². The summed E-state index contributed by atoms with van der Waals surface area (Å²) >= 11 is 0. The Bertz CT molecular complexity index is 484. The molecule has 1 unspecified atom stereocenters. The predicted octanol–water partition coefficient (Wildman–Crippen LogP) is 1.84. The third-order valence-corrected chi connectivity index (χ3v) is 4.00. The summed E-state index contributed by atoms with van der Waals surface area (Å²) in [6.07, 6.45) is 3.12. The molecule has 4 nitrogen and oxygen atoms in total. The molecule has 19 heavy (non-hydrogen) atoms. The number of nitrogens with one attached hydrogen (secondary N) is 1. The Morgan fingerprint density at radius 3 is 3.00 bits per heavy atom. The molecule has 0 radical (unpaired) electrons. The molecular weight excluding hydrogens is 242 g/mol. The number of benzene rings is 1. The maximum atomic E-state index is 12.3. The average molecular weight is 261 g/mol. The van der Waals surface area contributed by atoms with Crippen LogP contribution in [0.15, 0.2) is 24.3 Å². The standard InChI is InChI=1S/C15H19NO3/c1-18-14(17)15(16-10-11-6-7-11)8-9-19-13-5-3-2-4-12(13)15/h2-5,11,16H,6-10H2,1H3. The van der Waals surface area contributed by atoms with E-state index in [9.17, 15) is 4.79 Å². The third kappa shape index (κ3) is 2.21. The number of ether oxygens (including phenoxy) is 2. The van der Waals surface area contributed by atoms with Crippen LogP contribution in [0.25, 0.3) is 0 Å². The van der Waals surface area contributed by atoms with Crippen LogP contribution in [0.4, 0.5) is 0 Å². The van der Waals surface area contributed by atoms with Crippen molar-refractivity contribution in [3.63, 3.8) is 0 Å². The fraction of sp³-hybridized carbons (Fsp3) is 0.533. The summed E-state index contributed by atoms with van der Waals surface area (Å²) in [5.74, 6) is 1.27. The van der Waals surface area contributed by atoms with Crippen LogP contribution in [0, 0.1) is 5.92 Å². The molecule has 1 N–H and O–H groups in total. The number of hydrogen-bond acceptors (Lipinski definition) is 4. The monoisotopic (exact) mass is 261 g/mol. The fourth-order valence-corrected chi connectivity index (χ4v) is 2.68. The summed E-state index contributed by atoms with van der Waals surface area (Å²) in [5, 5.41) is 3.45. The molecule has 1 heterocycles. The van der Waals surface area contributed by atoms with Crippen LogP contribution < -0.4 is 10.1 Å². The predicted molar refractivity (Wildman–Crippen MR) is 71.0 cm³/mol. The van der Waals surface area contributed by atoms with Crippen LogP contribution in [0.1, 0.15) is 24.8 Å². The average Bonchev–Trinajstić information content (AvgIpc) is 3.28. The van der Waals surface area contributed by atoms with Crippen LogP contribution in [0.5, 0.6) is 5.75 Å². The maximum Gasteiger partial charge on any atom is 0.331 e. The zero-order chi connectivity index (χ0) is 13.3. The first kappa shape index (κ1) is 12.5. The summed E-state index contributed by atoms with van der Waals surface area (Å²) < 4.78 is 10.7. The minimum atomic E-state index is -0.744. The molecule has 1 fully saturated rings. The molecule has 102 valence electrons. The molecule has 0 bridgehead atoms. The molecular formula is C15H19NO3. The minimum Gasteiger partial charge on any atom is -0.493 e. The second-order valence-electron chi connectivity index (χ2n) is 5.32. The van der Waals surface area contributed by atoms with Crippen LogP contribution >= 0.6 is 0 Å². The Kier molecular flexibility index (Phi) is 3.19. The van der Waals surface area contributed by atoms with Gasteiger partial charge in [0.25, 0.3) is 0 Å². The van der Waals surface area contributed by atoms with E-state index in [1.54, 1.807) is 0 Å². The molecule has 0 spiro atoms. The zero-order valence-electron chi connectivity index (χ0n) is 11.1. The molecule has 1 atom stereocenters. The van der Waals surface area contributed by atoms with Gasteiger partial charge in [-0.1, -0.05) is 18.2 Å². The summed E-state index contributed by atoms with van der Waals surface area (Å²) in [4.78, 5) is 12.3. The molecule has 1 aliphatic carbocycles. The lowest BCUT2D eigenvalue weighted by atomic mass is 9.84. The Morgan fingerprint density at radius 1 is 1.47 bits per heavy atom. The zero-order valence-corrected chi connectivity index (χ0v) is 11.1. The van der Waals surface area contributed by atoms with E-state index in [0.29, 0.717) is 18.9 Å². The number of carbonyl (C=O) groups excluding carboxylic acids is 1. The summed E-state index contributed by atoms with van der Waals surface area (Å²) in [7, 11) is 1.45. The lowest BCUT2D eigenvalue weighted by Gasteiger charge is -2.37. The van der Waals surface area contributed by atoms with Crippen molar-refractivity contribution in [2.75, 3.05) is 20.3 Å². The first-order chi connectivity index (χ1) is 9.26. The van der Waals surface area contributed by atoms with Gasteiger partial charge in [-0.25, -0.2) is 4.79 Å². The van der Waals surface area contributed by atoms with E-state index < -0.39 is 5.54 Å². The highest BCUT2D eigenvalue weighted by atomic mass is 16.5. The first-order valence-corrected chi connectivity index (χ1v) is 6.82. The van der Waals surface area contributed by atoms with Crippen molar-refractivity contribution < 1.29 is 14.3 Å². The molecule has 4 heteroatoms. The van der Waals surface area contributed by atoms with Crippen molar-refractivity contribution in [2.45, 2.75) is 24.8 Å². The van der Waals surface area contributed by atoms with Crippen LogP contribution in [-0.2, 0) is 15.1 Å². The number of para-hydroxylation sites is 1. The van der Waals surface area contributed by atoms with Crippen molar-refractivity contribution in [3.05, 3.63) is 29.8 Å². The molecule has 1 saturated carbocycles. The Hall–Kier alpha value is -1.55. The van der Waals surface area contributed by atoms with Crippen molar-refractivity contribution in [1.29, 1.82) is 0 Å². The molecule has 0 saturated heterocycles. The van der Waals surface area contributed by atoms with Gasteiger partial charge in [-0.2, -0.15) is 0 Å². The quantitative estimate of drug-likeness (QED) is 0.840.